The maximum absolute atomic E-state index is 11.8. The number of hydrogen-bond donors (Lipinski definition) is 2. The summed E-state index contributed by atoms with van der Waals surface area (Å²) in [5.74, 6) is -0.895. The van der Waals surface area contributed by atoms with Crippen molar-refractivity contribution in [1.82, 2.24) is 10.6 Å². The first-order valence-corrected chi connectivity index (χ1v) is 5.73. The van der Waals surface area contributed by atoms with E-state index in [1.54, 1.807) is 0 Å². The Morgan fingerprint density at radius 1 is 0.938 bits per heavy atom. The van der Waals surface area contributed by atoms with Crippen molar-refractivity contribution >= 4 is 17.8 Å². The second kappa shape index (κ2) is 5.09. The predicted molar refractivity (Wildman–Crippen MR) is 58.5 cm³/mol. The van der Waals surface area contributed by atoms with Crippen LogP contribution in [0.1, 0.15) is 46.0 Å². The van der Waals surface area contributed by atoms with E-state index in [0.29, 0.717) is 12.8 Å². The van der Waals surface area contributed by atoms with Gasteiger partial charge >= 0.3 is 6.03 Å². The molecule has 1 fully saturated rings. The van der Waals surface area contributed by atoms with Crippen LogP contribution in [-0.2, 0) is 9.59 Å². The Bertz CT molecular complexity index is 292. The van der Waals surface area contributed by atoms with Gasteiger partial charge in [-0.25, -0.2) is 4.79 Å². The average molecular weight is 226 g/mol. The number of barbiturate groups is 1. The summed E-state index contributed by atoms with van der Waals surface area (Å²) < 4.78 is 0. The highest BCUT2D eigenvalue weighted by Gasteiger charge is 2.48. The third-order valence-corrected chi connectivity index (χ3v) is 2.96. The van der Waals surface area contributed by atoms with Gasteiger partial charge in [-0.3, -0.25) is 20.2 Å². The van der Waals surface area contributed by atoms with E-state index in [0.717, 1.165) is 19.3 Å². The third-order valence-electron chi connectivity index (χ3n) is 2.96. The number of unbranched alkanes of at least 4 members (excludes halogenated alkanes) is 1. The number of rotatable bonds is 5. The molecule has 16 heavy (non-hydrogen) atoms. The van der Waals surface area contributed by atoms with Gasteiger partial charge in [0.05, 0.1) is 0 Å². The Labute approximate surface area is 95.0 Å². The summed E-state index contributed by atoms with van der Waals surface area (Å²) in [6.45, 7) is 3.92. The molecular formula is C11H18N2O3. The molecule has 0 aromatic rings. The quantitative estimate of drug-likeness (QED) is 0.694. The van der Waals surface area contributed by atoms with Gasteiger partial charge in [0.25, 0.3) is 0 Å². The van der Waals surface area contributed by atoms with Crippen molar-refractivity contribution < 1.29 is 14.4 Å². The maximum Gasteiger partial charge on any atom is 0.328 e. The van der Waals surface area contributed by atoms with Crippen molar-refractivity contribution in [2.75, 3.05) is 0 Å². The van der Waals surface area contributed by atoms with Crippen molar-refractivity contribution in [3.8, 4) is 0 Å². The number of imide groups is 2. The van der Waals surface area contributed by atoms with E-state index in [9.17, 15) is 14.4 Å². The van der Waals surface area contributed by atoms with Crippen molar-refractivity contribution in [1.29, 1.82) is 0 Å². The number of urea groups is 1. The predicted octanol–water partition coefficient (Wildman–Crippen LogP) is 1.33. The Kier molecular flexibility index (Phi) is 4.04. The molecule has 0 spiro atoms. The molecule has 0 saturated carbocycles. The molecule has 1 aliphatic rings. The van der Waals surface area contributed by atoms with Crippen LogP contribution in [0.4, 0.5) is 4.79 Å². The van der Waals surface area contributed by atoms with Crippen molar-refractivity contribution in [2.24, 2.45) is 5.41 Å². The molecule has 0 aliphatic carbocycles. The number of carbonyl (C=O) groups is 3. The summed E-state index contributed by atoms with van der Waals surface area (Å²) in [6, 6.07) is -0.710. The normalized spacial score (nSPS) is 19.2. The molecule has 0 radical (unpaired) electrons. The van der Waals surface area contributed by atoms with E-state index in [1.807, 2.05) is 13.8 Å². The summed E-state index contributed by atoms with van der Waals surface area (Å²) in [6.07, 6.45) is 3.44. The first kappa shape index (κ1) is 12.7. The van der Waals surface area contributed by atoms with Crippen molar-refractivity contribution in [2.45, 2.75) is 46.0 Å². The van der Waals surface area contributed by atoms with Gasteiger partial charge in [-0.2, -0.15) is 0 Å². The first-order chi connectivity index (χ1) is 7.56. The van der Waals surface area contributed by atoms with E-state index in [2.05, 4.69) is 10.6 Å². The topological polar surface area (TPSA) is 75.3 Å². The minimum Gasteiger partial charge on any atom is -0.277 e. The zero-order valence-corrected chi connectivity index (χ0v) is 9.76. The van der Waals surface area contributed by atoms with Gasteiger partial charge in [-0.15, -0.1) is 0 Å². The standard InChI is InChI=1S/C11H18N2O3/c1-3-5-7-11(6-4-2)8(14)12-10(16)13-9(11)15/h3-7H2,1-2H3,(H2,12,13,14,15,16). The Morgan fingerprint density at radius 3 is 1.94 bits per heavy atom. The highest BCUT2D eigenvalue weighted by molar-refractivity contribution is 6.19. The second-order valence-corrected chi connectivity index (χ2v) is 4.17. The summed E-state index contributed by atoms with van der Waals surface area (Å²) in [4.78, 5) is 34.7. The van der Waals surface area contributed by atoms with Crippen LogP contribution in [0.2, 0.25) is 0 Å². The Balaban J connectivity index is 2.92. The zero-order chi connectivity index (χ0) is 12.2. The van der Waals surface area contributed by atoms with E-state index in [-0.39, 0.29) is 0 Å². The molecule has 1 heterocycles. The fourth-order valence-corrected chi connectivity index (χ4v) is 2.06. The Morgan fingerprint density at radius 2 is 1.50 bits per heavy atom. The highest BCUT2D eigenvalue weighted by Crippen LogP contribution is 2.32. The van der Waals surface area contributed by atoms with Crippen LogP contribution >= 0.6 is 0 Å². The molecule has 5 heteroatoms. The fraction of sp³-hybridized carbons (Fsp3) is 0.727. The largest absolute Gasteiger partial charge is 0.328 e. The van der Waals surface area contributed by atoms with Crippen LogP contribution < -0.4 is 10.6 Å². The van der Waals surface area contributed by atoms with Gasteiger partial charge in [0.1, 0.15) is 5.41 Å². The first-order valence-electron chi connectivity index (χ1n) is 5.73. The molecule has 1 aliphatic heterocycles. The molecule has 0 aromatic heterocycles. The maximum atomic E-state index is 11.8. The lowest BCUT2D eigenvalue weighted by Crippen LogP contribution is -2.62. The van der Waals surface area contributed by atoms with Gasteiger partial charge in [0.2, 0.25) is 11.8 Å². The number of amides is 4. The van der Waals surface area contributed by atoms with Crippen LogP contribution in [0.25, 0.3) is 0 Å². The summed E-state index contributed by atoms with van der Waals surface area (Å²) in [5, 5.41) is 4.37. The Hall–Kier alpha value is -1.39. The van der Waals surface area contributed by atoms with E-state index >= 15 is 0 Å². The number of nitrogens with one attached hydrogen (secondary N) is 2. The lowest BCUT2D eigenvalue weighted by Gasteiger charge is -2.33. The highest BCUT2D eigenvalue weighted by atomic mass is 16.2. The summed E-state index contributed by atoms with van der Waals surface area (Å²) in [7, 11) is 0. The van der Waals surface area contributed by atoms with Gasteiger partial charge in [0.15, 0.2) is 0 Å². The number of carbonyl (C=O) groups excluding carboxylic acids is 3. The van der Waals surface area contributed by atoms with Crippen molar-refractivity contribution in [3.05, 3.63) is 0 Å². The summed E-state index contributed by atoms with van der Waals surface area (Å²) in [5.41, 5.74) is -1.04. The minimum atomic E-state index is -1.04. The molecular weight excluding hydrogens is 208 g/mol. The van der Waals surface area contributed by atoms with E-state index < -0.39 is 23.3 Å². The second-order valence-electron chi connectivity index (χ2n) is 4.17. The average Bonchev–Trinajstić information content (AvgIpc) is 2.22. The van der Waals surface area contributed by atoms with Crippen LogP contribution in [0.5, 0.6) is 0 Å². The molecule has 0 aromatic carbocycles. The van der Waals surface area contributed by atoms with Gasteiger partial charge in [0, 0.05) is 0 Å². The molecule has 90 valence electrons. The summed E-state index contributed by atoms with van der Waals surface area (Å²) >= 11 is 0. The number of hydrogen-bond acceptors (Lipinski definition) is 3. The third kappa shape index (κ3) is 2.23. The lowest BCUT2D eigenvalue weighted by atomic mass is 9.76. The molecule has 5 nitrogen and oxygen atoms in total. The molecule has 0 unspecified atom stereocenters. The van der Waals surface area contributed by atoms with Crippen LogP contribution in [0.3, 0.4) is 0 Å². The van der Waals surface area contributed by atoms with Crippen LogP contribution in [0, 0.1) is 5.41 Å². The van der Waals surface area contributed by atoms with E-state index in [1.165, 1.54) is 0 Å². The SMILES string of the molecule is CCCCC1(CCC)C(=O)NC(=O)NC1=O. The molecule has 0 bridgehead atoms. The zero-order valence-electron chi connectivity index (χ0n) is 9.76. The van der Waals surface area contributed by atoms with Crippen LogP contribution in [-0.4, -0.2) is 17.8 Å². The monoisotopic (exact) mass is 226 g/mol. The van der Waals surface area contributed by atoms with Crippen LogP contribution in [0.15, 0.2) is 0 Å². The van der Waals surface area contributed by atoms with Gasteiger partial charge in [-0.05, 0) is 12.8 Å². The molecule has 4 amide bonds. The smallest absolute Gasteiger partial charge is 0.277 e. The van der Waals surface area contributed by atoms with Crippen molar-refractivity contribution in [3.63, 3.8) is 0 Å². The molecule has 0 atom stereocenters. The van der Waals surface area contributed by atoms with Gasteiger partial charge < -0.3 is 0 Å². The lowest BCUT2D eigenvalue weighted by molar-refractivity contribution is -0.145. The molecule has 1 saturated heterocycles. The molecule has 1 rings (SSSR count). The minimum absolute atomic E-state index is 0.448. The fourth-order valence-electron chi connectivity index (χ4n) is 2.06. The van der Waals surface area contributed by atoms with Gasteiger partial charge in [-0.1, -0.05) is 33.1 Å². The molecule has 2 N–H and O–H groups in total. The van der Waals surface area contributed by atoms with E-state index in [4.69, 9.17) is 0 Å².